The van der Waals surface area contributed by atoms with Crippen LogP contribution in [-0.4, -0.2) is 67.6 Å². The van der Waals surface area contributed by atoms with E-state index in [0.29, 0.717) is 11.7 Å². The van der Waals surface area contributed by atoms with Gasteiger partial charge in [-0.2, -0.15) is 13.2 Å². The first-order valence-corrected chi connectivity index (χ1v) is 14.0. The highest BCUT2D eigenvalue weighted by molar-refractivity contribution is 5.89. The Morgan fingerprint density at radius 1 is 1.05 bits per heavy atom. The number of nitrogens with one attached hydrogen (secondary N) is 2. The normalized spacial score (nSPS) is 21.8. The number of alkyl halides is 3. The minimum atomic E-state index is -5.08. The summed E-state index contributed by atoms with van der Waals surface area (Å²) in [6, 6.07) is 9.45. The molecule has 1 aliphatic carbocycles. The van der Waals surface area contributed by atoms with Crippen LogP contribution >= 0.6 is 0 Å². The van der Waals surface area contributed by atoms with Crippen molar-refractivity contribution in [3.63, 3.8) is 0 Å². The first-order chi connectivity index (χ1) is 20.2. The Balaban J connectivity index is 0.000000646. The molecule has 3 atom stereocenters. The Hall–Kier alpha value is -3.61. The molecule has 1 saturated heterocycles. The van der Waals surface area contributed by atoms with Gasteiger partial charge in [-0.05, 0) is 80.9 Å². The number of carboxylic acids is 1. The number of anilines is 1. The van der Waals surface area contributed by atoms with Crippen molar-refractivity contribution in [1.29, 1.82) is 0 Å². The van der Waals surface area contributed by atoms with E-state index < -0.39 is 29.8 Å². The Bertz CT molecular complexity index is 1280. The zero-order valence-corrected chi connectivity index (χ0v) is 24.6. The van der Waals surface area contributed by atoms with E-state index in [1.165, 1.54) is 11.6 Å². The molecule has 0 spiro atoms. The third-order valence-electron chi connectivity index (χ3n) is 8.08. The third-order valence-corrected chi connectivity index (χ3v) is 8.08. The second-order valence-corrected chi connectivity index (χ2v) is 11.2. The van der Waals surface area contributed by atoms with E-state index in [9.17, 15) is 26.7 Å². The molecule has 2 aromatic rings. The van der Waals surface area contributed by atoms with Gasteiger partial charge in [-0.1, -0.05) is 19.9 Å². The lowest BCUT2D eigenvalue weighted by atomic mass is 9.65. The molecule has 238 valence electrons. The summed E-state index contributed by atoms with van der Waals surface area (Å²) in [6.07, 6.45) is -0.334. The van der Waals surface area contributed by atoms with E-state index in [2.05, 4.69) is 41.5 Å². The van der Waals surface area contributed by atoms with E-state index in [1.807, 2.05) is 6.07 Å². The summed E-state index contributed by atoms with van der Waals surface area (Å²) in [5.41, 5.74) is 1.45. The van der Waals surface area contributed by atoms with Gasteiger partial charge in [0.15, 0.2) is 23.1 Å². The number of ether oxygens (including phenoxy) is 2. The molecule has 8 nitrogen and oxygen atoms in total. The molecule has 2 aliphatic rings. The lowest BCUT2D eigenvalue weighted by Gasteiger charge is -2.45. The van der Waals surface area contributed by atoms with Gasteiger partial charge in [0.25, 0.3) is 0 Å². The van der Waals surface area contributed by atoms with Gasteiger partial charge in [0.2, 0.25) is 0 Å². The van der Waals surface area contributed by atoms with Crippen molar-refractivity contribution in [2.24, 2.45) is 5.92 Å². The number of carbonyl (C=O) groups excluding carboxylic acids is 1. The van der Waals surface area contributed by atoms with Gasteiger partial charge >= 0.3 is 18.2 Å². The van der Waals surface area contributed by atoms with Crippen molar-refractivity contribution >= 4 is 17.7 Å². The Labute approximate surface area is 247 Å². The third kappa shape index (κ3) is 8.49. The number of amides is 2. The van der Waals surface area contributed by atoms with Gasteiger partial charge in [0, 0.05) is 29.3 Å². The molecule has 1 saturated carbocycles. The van der Waals surface area contributed by atoms with Crippen LogP contribution < -0.4 is 20.1 Å². The Kier molecular flexibility index (Phi) is 11.2. The quantitative estimate of drug-likeness (QED) is 0.300. The number of urea groups is 1. The lowest BCUT2D eigenvalue weighted by Crippen LogP contribution is -2.53. The minimum absolute atomic E-state index is 0.0202. The summed E-state index contributed by atoms with van der Waals surface area (Å²) >= 11 is 0. The minimum Gasteiger partial charge on any atom is -0.493 e. The Morgan fingerprint density at radius 3 is 2.30 bits per heavy atom. The molecule has 2 fully saturated rings. The smallest absolute Gasteiger partial charge is 0.490 e. The summed E-state index contributed by atoms with van der Waals surface area (Å²) in [7, 11) is 3.30. The number of nitrogens with zero attached hydrogens (tertiary/aromatic N) is 1. The maximum absolute atomic E-state index is 13.5. The van der Waals surface area contributed by atoms with Crippen LogP contribution in [0, 0.1) is 17.6 Å². The Morgan fingerprint density at radius 2 is 1.72 bits per heavy atom. The van der Waals surface area contributed by atoms with Crippen LogP contribution in [0.4, 0.5) is 32.4 Å². The molecular weight excluding hydrogens is 577 g/mol. The van der Waals surface area contributed by atoms with Crippen LogP contribution in [0.3, 0.4) is 0 Å². The standard InChI is InChI=1S/C28H37F2N3O3.C2HF3O2/c1-18(2)10-13-33-14-12-28(19-5-8-24(35-3)25(15-19)36-4)11-9-21(17-26(28)33)32-27(34)31-20-6-7-22(29)23(30)16-20;3-2(4,5)1(6)7/h5-8,15-16,18,21,26H,9-14,17H2,1-4H3,(H2,31,32,34);(H,6,7). The average Bonchev–Trinajstić information content (AvgIpc) is 3.32. The van der Waals surface area contributed by atoms with Crippen LogP contribution in [0.5, 0.6) is 11.5 Å². The molecule has 2 aromatic carbocycles. The maximum Gasteiger partial charge on any atom is 0.490 e. The number of carboxylic acid groups (broad SMARTS) is 1. The highest BCUT2D eigenvalue weighted by Crippen LogP contribution is 2.50. The summed E-state index contributed by atoms with van der Waals surface area (Å²) in [5.74, 6) is -2.63. The van der Waals surface area contributed by atoms with Gasteiger partial charge in [0.05, 0.1) is 14.2 Å². The van der Waals surface area contributed by atoms with Crippen molar-refractivity contribution in [2.75, 3.05) is 32.6 Å². The number of aliphatic carboxylic acids is 1. The topological polar surface area (TPSA) is 100 Å². The molecular formula is C30H38F5N3O5. The van der Waals surface area contributed by atoms with Gasteiger partial charge in [-0.3, -0.25) is 4.90 Å². The highest BCUT2D eigenvalue weighted by atomic mass is 19.4. The molecule has 0 radical (unpaired) electrons. The number of fused-ring (bicyclic) bond motifs is 1. The number of likely N-dealkylation sites (tertiary alicyclic amines) is 1. The number of rotatable bonds is 8. The summed E-state index contributed by atoms with van der Waals surface area (Å²) in [6.45, 7) is 6.52. The lowest BCUT2D eigenvalue weighted by molar-refractivity contribution is -0.192. The van der Waals surface area contributed by atoms with Crippen LogP contribution in [0.1, 0.15) is 51.5 Å². The van der Waals surface area contributed by atoms with E-state index in [0.717, 1.165) is 63.1 Å². The van der Waals surface area contributed by atoms with Crippen LogP contribution in [0.25, 0.3) is 0 Å². The number of carbonyl (C=O) groups is 2. The van der Waals surface area contributed by atoms with Crippen molar-refractivity contribution in [2.45, 2.75) is 69.6 Å². The predicted molar refractivity (Wildman–Crippen MR) is 150 cm³/mol. The average molecular weight is 616 g/mol. The molecule has 3 unspecified atom stereocenters. The summed E-state index contributed by atoms with van der Waals surface area (Å²) in [5, 5.41) is 12.8. The number of hydrogen-bond donors (Lipinski definition) is 3. The molecule has 13 heteroatoms. The van der Waals surface area contributed by atoms with E-state index >= 15 is 0 Å². The van der Waals surface area contributed by atoms with Gasteiger partial charge in [-0.25, -0.2) is 18.4 Å². The van der Waals surface area contributed by atoms with Gasteiger partial charge in [0.1, 0.15) is 0 Å². The van der Waals surface area contributed by atoms with Crippen LogP contribution in [-0.2, 0) is 10.2 Å². The molecule has 0 bridgehead atoms. The van der Waals surface area contributed by atoms with Gasteiger partial charge in [-0.15, -0.1) is 0 Å². The second-order valence-electron chi connectivity index (χ2n) is 11.2. The number of hydrogen-bond acceptors (Lipinski definition) is 5. The largest absolute Gasteiger partial charge is 0.493 e. The van der Waals surface area contributed by atoms with Crippen molar-refractivity contribution in [3.8, 4) is 11.5 Å². The van der Waals surface area contributed by atoms with Crippen molar-refractivity contribution in [3.05, 3.63) is 53.6 Å². The molecule has 1 aliphatic heterocycles. The number of halogens is 5. The maximum atomic E-state index is 13.5. The van der Waals surface area contributed by atoms with Crippen molar-refractivity contribution < 1.29 is 46.1 Å². The first-order valence-electron chi connectivity index (χ1n) is 14.0. The van der Waals surface area contributed by atoms with E-state index in [-0.39, 0.29) is 23.2 Å². The van der Waals surface area contributed by atoms with Crippen molar-refractivity contribution in [1.82, 2.24) is 10.2 Å². The van der Waals surface area contributed by atoms with Crippen LogP contribution in [0.2, 0.25) is 0 Å². The summed E-state index contributed by atoms with van der Waals surface area (Å²) in [4.78, 5) is 24.2. The predicted octanol–water partition coefficient (Wildman–Crippen LogP) is 6.35. The summed E-state index contributed by atoms with van der Waals surface area (Å²) < 4.78 is 69.6. The van der Waals surface area contributed by atoms with E-state index in [1.54, 1.807) is 14.2 Å². The molecule has 1 heterocycles. The fourth-order valence-corrected chi connectivity index (χ4v) is 5.88. The zero-order chi connectivity index (χ0) is 31.9. The number of benzene rings is 2. The van der Waals surface area contributed by atoms with Crippen LogP contribution in [0.15, 0.2) is 36.4 Å². The van der Waals surface area contributed by atoms with E-state index in [4.69, 9.17) is 19.4 Å². The number of methoxy groups -OCH3 is 2. The molecule has 3 N–H and O–H groups in total. The second kappa shape index (κ2) is 14.2. The van der Waals surface area contributed by atoms with Gasteiger partial charge < -0.3 is 25.2 Å². The molecule has 43 heavy (non-hydrogen) atoms. The fraction of sp³-hybridized carbons (Fsp3) is 0.533. The SMILES string of the molecule is COc1ccc(C23CCC(NC(=O)Nc4ccc(F)c(F)c4)CC2N(CCC(C)C)CC3)cc1OC.O=C(O)C(F)(F)F. The monoisotopic (exact) mass is 615 g/mol. The molecule has 4 rings (SSSR count). The first kappa shape index (κ1) is 33.9. The zero-order valence-electron chi connectivity index (χ0n) is 24.6. The highest BCUT2D eigenvalue weighted by Gasteiger charge is 2.51. The molecule has 0 aromatic heterocycles. The molecule has 2 amide bonds. The fourth-order valence-electron chi connectivity index (χ4n) is 5.88.